The molecule has 3 aliphatic rings. The fraction of sp³-hybridized carbons (Fsp3) is 0.944. The minimum absolute atomic E-state index is 0.236. The second-order valence-corrected chi connectivity index (χ2v) is 7.76. The molecule has 3 heteroatoms. The van der Waals surface area contributed by atoms with E-state index in [1.54, 1.807) is 0 Å². The second-order valence-electron chi connectivity index (χ2n) is 7.76. The average Bonchev–Trinajstić information content (AvgIpc) is 2.47. The van der Waals surface area contributed by atoms with Crippen LogP contribution in [0.2, 0.25) is 0 Å². The number of rotatable bonds is 3. The highest BCUT2D eigenvalue weighted by atomic mass is 16.1. The van der Waals surface area contributed by atoms with Gasteiger partial charge in [0.05, 0.1) is 0 Å². The van der Waals surface area contributed by atoms with Gasteiger partial charge in [-0.3, -0.25) is 4.79 Å². The highest BCUT2D eigenvalue weighted by Crippen LogP contribution is 2.42. The molecule has 0 radical (unpaired) electrons. The predicted octanol–water partition coefficient (Wildman–Crippen LogP) is 3.23. The molecular formula is C18H32N2O. The molecule has 0 heterocycles. The maximum absolute atomic E-state index is 12.7. The van der Waals surface area contributed by atoms with Gasteiger partial charge < -0.3 is 11.1 Å². The molecule has 3 aliphatic carbocycles. The van der Waals surface area contributed by atoms with Gasteiger partial charge in [0.15, 0.2) is 0 Å². The van der Waals surface area contributed by atoms with Crippen LogP contribution in [0.1, 0.15) is 71.1 Å². The van der Waals surface area contributed by atoms with E-state index in [1.165, 1.54) is 51.4 Å². The zero-order valence-electron chi connectivity index (χ0n) is 13.5. The molecule has 3 nitrogen and oxygen atoms in total. The molecule has 0 aromatic carbocycles. The van der Waals surface area contributed by atoms with Gasteiger partial charge in [-0.1, -0.05) is 32.6 Å². The third-order valence-electron chi connectivity index (χ3n) is 6.54. The predicted molar refractivity (Wildman–Crippen MR) is 85.7 cm³/mol. The van der Waals surface area contributed by atoms with Crippen LogP contribution in [0.5, 0.6) is 0 Å². The highest BCUT2D eigenvalue weighted by molar-refractivity contribution is 5.79. The Morgan fingerprint density at radius 2 is 1.71 bits per heavy atom. The molecule has 3 saturated carbocycles. The van der Waals surface area contributed by atoms with Crippen molar-refractivity contribution in [3.63, 3.8) is 0 Å². The van der Waals surface area contributed by atoms with Crippen molar-refractivity contribution in [2.45, 2.75) is 83.2 Å². The van der Waals surface area contributed by atoms with Crippen LogP contribution in [0.3, 0.4) is 0 Å². The summed E-state index contributed by atoms with van der Waals surface area (Å²) in [6.45, 7) is 2.26. The molecule has 2 bridgehead atoms. The van der Waals surface area contributed by atoms with Crippen LogP contribution in [-0.2, 0) is 4.79 Å². The lowest BCUT2D eigenvalue weighted by atomic mass is 9.65. The smallest absolute Gasteiger partial charge is 0.223 e. The molecule has 0 spiro atoms. The molecular weight excluding hydrogens is 260 g/mol. The second kappa shape index (κ2) is 6.68. The van der Waals surface area contributed by atoms with Gasteiger partial charge in [0.1, 0.15) is 0 Å². The van der Waals surface area contributed by atoms with Crippen molar-refractivity contribution in [2.24, 2.45) is 29.4 Å². The van der Waals surface area contributed by atoms with Crippen molar-refractivity contribution in [2.75, 3.05) is 0 Å². The van der Waals surface area contributed by atoms with Gasteiger partial charge in [-0.15, -0.1) is 0 Å². The molecule has 0 aromatic rings. The van der Waals surface area contributed by atoms with Crippen molar-refractivity contribution in [3.05, 3.63) is 0 Å². The Labute approximate surface area is 129 Å². The van der Waals surface area contributed by atoms with Crippen LogP contribution in [0, 0.1) is 23.7 Å². The zero-order chi connectivity index (χ0) is 14.8. The molecule has 3 N–H and O–H groups in total. The summed E-state index contributed by atoms with van der Waals surface area (Å²) < 4.78 is 0. The summed E-state index contributed by atoms with van der Waals surface area (Å²) in [4.78, 5) is 12.7. The summed E-state index contributed by atoms with van der Waals surface area (Å²) >= 11 is 0. The number of carbonyl (C=O) groups excluding carboxylic acids is 1. The number of hydrogen-bond donors (Lipinski definition) is 2. The quantitative estimate of drug-likeness (QED) is 0.839. The first-order valence-corrected chi connectivity index (χ1v) is 9.25. The van der Waals surface area contributed by atoms with E-state index in [2.05, 4.69) is 12.2 Å². The lowest BCUT2D eigenvalue weighted by molar-refractivity contribution is -0.129. The summed E-state index contributed by atoms with van der Waals surface area (Å²) in [5, 5.41) is 3.41. The summed E-state index contributed by atoms with van der Waals surface area (Å²) in [5.74, 6) is 2.47. The maximum atomic E-state index is 12.7. The van der Waals surface area contributed by atoms with Crippen LogP contribution in [-0.4, -0.2) is 18.0 Å². The fourth-order valence-corrected chi connectivity index (χ4v) is 5.19. The van der Waals surface area contributed by atoms with Crippen LogP contribution in [0.4, 0.5) is 0 Å². The first-order chi connectivity index (χ1) is 10.2. The summed E-state index contributed by atoms with van der Waals surface area (Å²) in [5.41, 5.74) is 6.34. The molecule has 4 atom stereocenters. The number of nitrogens with one attached hydrogen (secondary N) is 1. The first kappa shape index (κ1) is 15.3. The van der Waals surface area contributed by atoms with Crippen LogP contribution in [0.25, 0.3) is 0 Å². The van der Waals surface area contributed by atoms with E-state index in [4.69, 9.17) is 5.73 Å². The molecule has 3 rings (SSSR count). The SMILES string of the molecule is CCC1CCCCC1NC(=O)C1CC2CCCC(C1)C2N. The van der Waals surface area contributed by atoms with E-state index < -0.39 is 0 Å². The van der Waals surface area contributed by atoms with E-state index >= 15 is 0 Å². The third kappa shape index (κ3) is 3.28. The summed E-state index contributed by atoms with van der Waals surface area (Å²) in [6.07, 6.45) is 12.2. The van der Waals surface area contributed by atoms with Gasteiger partial charge in [-0.2, -0.15) is 0 Å². The Bertz CT molecular complexity index is 356. The monoisotopic (exact) mass is 292 g/mol. The number of amides is 1. The molecule has 0 aliphatic heterocycles. The standard InChI is InChI=1S/C18H32N2O/c1-2-12-6-3-4-9-16(12)20-18(21)15-10-13-7-5-8-14(11-15)17(13)19/h12-17H,2-11,19H2,1H3,(H,20,21). The third-order valence-corrected chi connectivity index (χ3v) is 6.54. The van der Waals surface area contributed by atoms with E-state index in [1.807, 2.05) is 0 Å². The van der Waals surface area contributed by atoms with Gasteiger partial charge in [0.25, 0.3) is 0 Å². The van der Waals surface area contributed by atoms with Gasteiger partial charge in [0, 0.05) is 18.0 Å². The van der Waals surface area contributed by atoms with Gasteiger partial charge >= 0.3 is 0 Å². The van der Waals surface area contributed by atoms with Crippen molar-refractivity contribution >= 4 is 5.91 Å². The van der Waals surface area contributed by atoms with Crippen molar-refractivity contribution in [1.29, 1.82) is 0 Å². The van der Waals surface area contributed by atoms with Crippen molar-refractivity contribution in [1.82, 2.24) is 5.32 Å². The lowest BCUT2D eigenvalue weighted by Crippen LogP contribution is -2.51. The Kier molecular flexibility index (Phi) is 4.88. The summed E-state index contributed by atoms with van der Waals surface area (Å²) in [7, 11) is 0. The average molecular weight is 292 g/mol. The molecule has 4 unspecified atom stereocenters. The number of hydrogen-bond acceptors (Lipinski definition) is 2. The minimum atomic E-state index is 0.236. The van der Waals surface area contributed by atoms with Gasteiger partial charge in [0.2, 0.25) is 5.91 Å². The number of nitrogens with two attached hydrogens (primary N) is 1. The van der Waals surface area contributed by atoms with Gasteiger partial charge in [-0.05, 0) is 56.3 Å². The van der Waals surface area contributed by atoms with E-state index in [0.717, 1.165) is 12.8 Å². The Morgan fingerprint density at radius 1 is 1.05 bits per heavy atom. The van der Waals surface area contributed by atoms with Crippen LogP contribution >= 0.6 is 0 Å². The van der Waals surface area contributed by atoms with Crippen LogP contribution in [0.15, 0.2) is 0 Å². The topological polar surface area (TPSA) is 55.1 Å². The highest BCUT2D eigenvalue weighted by Gasteiger charge is 2.41. The Hall–Kier alpha value is -0.570. The molecule has 1 amide bonds. The number of carbonyl (C=O) groups is 1. The maximum Gasteiger partial charge on any atom is 0.223 e. The largest absolute Gasteiger partial charge is 0.353 e. The zero-order valence-corrected chi connectivity index (χ0v) is 13.5. The normalized spacial score (nSPS) is 43.3. The molecule has 0 aromatic heterocycles. The van der Waals surface area contributed by atoms with E-state index in [-0.39, 0.29) is 5.92 Å². The first-order valence-electron chi connectivity index (χ1n) is 9.25. The van der Waals surface area contributed by atoms with Crippen molar-refractivity contribution < 1.29 is 4.79 Å². The molecule has 21 heavy (non-hydrogen) atoms. The van der Waals surface area contributed by atoms with E-state index in [9.17, 15) is 4.79 Å². The lowest BCUT2D eigenvalue weighted by Gasteiger charge is -2.44. The minimum Gasteiger partial charge on any atom is -0.353 e. The molecule has 0 saturated heterocycles. The van der Waals surface area contributed by atoms with Gasteiger partial charge in [-0.25, -0.2) is 0 Å². The summed E-state index contributed by atoms with van der Waals surface area (Å²) in [6, 6.07) is 0.799. The van der Waals surface area contributed by atoms with E-state index in [0.29, 0.717) is 35.7 Å². The fourth-order valence-electron chi connectivity index (χ4n) is 5.19. The molecule has 120 valence electrons. The molecule has 3 fully saturated rings. The Balaban J connectivity index is 1.58. The van der Waals surface area contributed by atoms with Crippen molar-refractivity contribution in [3.8, 4) is 0 Å². The van der Waals surface area contributed by atoms with Crippen LogP contribution < -0.4 is 11.1 Å². The Morgan fingerprint density at radius 3 is 2.38 bits per heavy atom. The number of fused-ring (bicyclic) bond motifs is 2.